The maximum absolute atomic E-state index is 13.2. The summed E-state index contributed by atoms with van der Waals surface area (Å²) in [5.74, 6) is 0.771. The highest BCUT2D eigenvalue weighted by Crippen LogP contribution is 2.32. The molecule has 172 valence electrons. The highest BCUT2D eigenvalue weighted by Gasteiger charge is 2.33. The standard InChI is InChI=1S/C24H34N6O2/c1-17(30-13-6-11-25-30)15-22(31)29-12-5-4-9-21(29)23-26-20-16-28(18-7-2-3-8-18)14-10-19(20)24(32)27-23/h6,11,13,17-18,21H,2-5,7-10,12,14-16H2,1H3,(H,26,27,32). The summed E-state index contributed by atoms with van der Waals surface area (Å²) in [4.78, 5) is 38.7. The topological polar surface area (TPSA) is 87.1 Å². The summed E-state index contributed by atoms with van der Waals surface area (Å²) in [6.07, 6.45) is 12.8. The van der Waals surface area contributed by atoms with Gasteiger partial charge >= 0.3 is 0 Å². The van der Waals surface area contributed by atoms with Gasteiger partial charge in [0.1, 0.15) is 5.82 Å². The van der Waals surface area contributed by atoms with Crippen molar-refractivity contribution in [3.05, 3.63) is 45.9 Å². The van der Waals surface area contributed by atoms with Gasteiger partial charge in [0, 0.05) is 50.1 Å². The number of hydrogen-bond acceptors (Lipinski definition) is 5. The number of H-pyrrole nitrogens is 1. The van der Waals surface area contributed by atoms with Crippen LogP contribution in [0.3, 0.4) is 0 Å². The van der Waals surface area contributed by atoms with E-state index < -0.39 is 0 Å². The Morgan fingerprint density at radius 3 is 2.78 bits per heavy atom. The van der Waals surface area contributed by atoms with E-state index in [1.165, 1.54) is 25.7 Å². The summed E-state index contributed by atoms with van der Waals surface area (Å²) in [6, 6.07) is 2.35. The van der Waals surface area contributed by atoms with Crippen LogP contribution in [0.15, 0.2) is 23.3 Å². The molecule has 8 heteroatoms. The predicted molar refractivity (Wildman–Crippen MR) is 121 cm³/mol. The number of carbonyl (C=O) groups excluding carboxylic acids is 1. The quantitative estimate of drug-likeness (QED) is 0.776. The Hall–Kier alpha value is -2.48. The third-order valence-corrected chi connectivity index (χ3v) is 7.55. The fourth-order valence-corrected chi connectivity index (χ4v) is 5.74. The number of nitrogens with zero attached hydrogens (tertiary/aromatic N) is 5. The number of hydrogen-bond donors (Lipinski definition) is 1. The van der Waals surface area contributed by atoms with Gasteiger partial charge < -0.3 is 9.88 Å². The van der Waals surface area contributed by atoms with Gasteiger partial charge in [0.05, 0.1) is 17.8 Å². The van der Waals surface area contributed by atoms with Gasteiger partial charge in [0.2, 0.25) is 5.91 Å². The van der Waals surface area contributed by atoms with E-state index >= 15 is 0 Å². The number of piperidine rings is 1. The van der Waals surface area contributed by atoms with Crippen LogP contribution >= 0.6 is 0 Å². The molecule has 2 aromatic heterocycles. The minimum Gasteiger partial charge on any atom is -0.332 e. The first-order valence-electron chi connectivity index (χ1n) is 12.2. The number of nitrogens with one attached hydrogen (secondary N) is 1. The summed E-state index contributed by atoms with van der Waals surface area (Å²) in [5, 5.41) is 4.27. The molecule has 0 radical (unpaired) electrons. The van der Waals surface area contributed by atoms with E-state index in [-0.39, 0.29) is 23.6 Å². The van der Waals surface area contributed by atoms with E-state index in [4.69, 9.17) is 4.98 Å². The smallest absolute Gasteiger partial charge is 0.254 e. The first-order chi connectivity index (χ1) is 15.6. The van der Waals surface area contributed by atoms with Gasteiger partial charge in [-0.25, -0.2) is 4.98 Å². The van der Waals surface area contributed by atoms with Crippen molar-refractivity contribution in [3.63, 3.8) is 0 Å². The SMILES string of the molecule is CC(CC(=O)N1CCCCC1c1nc2c(c(=O)[nH]1)CCN(C1CCCC1)C2)n1cccn1. The Bertz CT molecular complexity index is 994. The van der Waals surface area contributed by atoms with Crippen LogP contribution in [0.2, 0.25) is 0 Å². The van der Waals surface area contributed by atoms with Crippen molar-refractivity contribution in [1.82, 2.24) is 29.5 Å². The molecule has 2 fully saturated rings. The zero-order chi connectivity index (χ0) is 22.1. The Balaban J connectivity index is 1.36. The fourth-order valence-electron chi connectivity index (χ4n) is 5.74. The van der Waals surface area contributed by atoms with Gasteiger partial charge in [0.15, 0.2) is 0 Å². The molecule has 2 atom stereocenters. The minimum absolute atomic E-state index is 0.00409. The van der Waals surface area contributed by atoms with Crippen molar-refractivity contribution in [2.45, 2.75) is 89.4 Å². The van der Waals surface area contributed by atoms with E-state index in [9.17, 15) is 9.59 Å². The van der Waals surface area contributed by atoms with E-state index in [1.54, 1.807) is 6.20 Å². The van der Waals surface area contributed by atoms with Crippen LogP contribution in [0.25, 0.3) is 0 Å². The molecule has 32 heavy (non-hydrogen) atoms. The molecule has 0 spiro atoms. The number of fused-ring (bicyclic) bond motifs is 1. The van der Waals surface area contributed by atoms with E-state index in [2.05, 4.69) is 15.0 Å². The van der Waals surface area contributed by atoms with E-state index in [0.717, 1.165) is 50.0 Å². The molecular weight excluding hydrogens is 404 g/mol. The average molecular weight is 439 g/mol. The van der Waals surface area contributed by atoms with Gasteiger partial charge in [-0.1, -0.05) is 12.8 Å². The number of rotatable bonds is 5. The van der Waals surface area contributed by atoms with Crippen LogP contribution in [-0.2, 0) is 17.8 Å². The van der Waals surface area contributed by atoms with Crippen LogP contribution in [0.4, 0.5) is 0 Å². The number of likely N-dealkylation sites (tertiary alicyclic amines) is 1. The highest BCUT2D eigenvalue weighted by molar-refractivity contribution is 5.77. The summed E-state index contributed by atoms with van der Waals surface area (Å²) in [5.41, 5.74) is 1.74. The molecule has 1 saturated heterocycles. The van der Waals surface area contributed by atoms with Crippen LogP contribution in [0.1, 0.15) is 87.5 Å². The third kappa shape index (κ3) is 4.25. The predicted octanol–water partition coefficient (Wildman–Crippen LogP) is 2.97. The number of carbonyl (C=O) groups is 1. The number of aromatic amines is 1. The lowest BCUT2D eigenvalue weighted by Gasteiger charge is -2.37. The highest BCUT2D eigenvalue weighted by atomic mass is 16.2. The van der Waals surface area contributed by atoms with Gasteiger partial charge in [-0.2, -0.15) is 5.10 Å². The zero-order valence-corrected chi connectivity index (χ0v) is 19.0. The monoisotopic (exact) mass is 438 g/mol. The van der Waals surface area contributed by atoms with Crippen LogP contribution < -0.4 is 5.56 Å². The van der Waals surface area contributed by atoms with Crippen molar-refractivity contribution in [2.24, 2.45) is 0 Å². The maximum Gasteiger partial charge on any atom is 0.254 e. The Labute approximate surface area is 189 Å². The summed E-state index contributed by atoms with van der Waals surface area (Å²) in [6.45, 7) is 4.43. The third-order valence-electron chi connectivity index (χ3n) is 7.55. The van der Waals surface area contributed by atoms with Gasteiger partial charge in [0.25, 0.3) is 5.56 Å². The van der Waals surface area contributed by atoms with Gasteiger partial charge in [-0.05, 0) is 51.5 Å². The lowest BCUT2D eigenvalue weighted by molar-refractivity contribution is -0.136. The Kier molecular flexibility index (Phi) is 6.13. The van der Waals surface area contributed by atoms with Crippen molar-refractivity contribution in [1.29, 1.82) is 0 Å². The molecule has 1 amide bonds. The first-order valence-corrected chi connectivity index (χ1v) is 12.2. The lowest BCUT2D eigenvalue weighted by atomic mass is 9.99. The van der Waals surface area contributed by atoms with Gasteiger partial charge in [-0.3, -0.25) is 19.2 Å². The Morgan fingerprint density at radius 2 is 2.00 bits per heavy atom. The molecule has 1 aliphatic carbocycles. The molecule has 2 aliphatic heterocycles. The average Bonchev–Trinajstić information content (AvgIpc) is 3.53. The normalized spacial score (nSPS) is 23.3. The van der Waals surface area contributed by atoms with Crippen molar-refractivity contribution in [2.75, 3.05) is 13.1 Å². The van der Waals surface area contributed by atoms with Crippen LogP contribution in [0.5, 0.6) is 0 Å². The molecule has 0 aromatic carbocycles. The summed E-state index contributed by atoms with van der Waals surface area (Å²) < 4.78 is 1.83. The second-order valence-electron chi connectivity index (χ2n) is 9.67. The first kappa shape index (κ1) is 21.4. The summed E-state index contributed by atoms with van der Waals surface area (Å²) >= 11 is 0. The second kappa shape index (κ2) is 9.17. The molecule has 4 heterocycles. The Morgan fingerprint density at radius 1 is 1.19 bits per heavy atom. The zero-order valence-electron chi connectivity index (χ0n) is 19.0. The van der Waals surface area contributed by atoms with Crippen LogP contribution in [0, 0.1) is 0 Å². The van der Waals surface area contributed by atoms with Crippen molar-refractivity contribution >= 4 is 5.91 Å². The van der Waals surface area contributed by atoms with Crippen molar-refractivity contribution < 1.29 is 4.79 Å². The molecule has 2 aromatic rings. The van der Waals surface area contributed by atoms with Crippen molar-refractivity contribution in [3.8, 4) is 0 Å². The molecule has 0 bridgehead atoms. The molecule has 5 rings (SSSR count). The molecule has 1 N–H and O–H groups in total. The fraction of sp³-hybridized carbons (Fsp3) is 0.667. The maximum atomic E-state index is 13.2. The minimum atomic E-state index is -0.152. The van der Waals surface area contributed by atoms with E-state index in [0.29, 0.717) is 24.8 Å². The molecule has 3 aliphatic rings. The molecule has 2 unspecified atom stereocenters. The number of amides is 1. The van der Waals surface area contributed by atoms with Crippen LogP contribution in [-0.4, -0.2) is 54.6 Å². The van der Waals surface area contributed by atoms with Gasteiger partial charge in [-0.15, -0.1) is 0 Å². The summed E-state index contributed by atoms with van der Waals surface area (Å²) in [7, 11) is 0. The molecule has 8 nitrogen and oxygen atoms in total. The largest absolute Gasteiger partial charge is 0.332 e. The molecular formula is C24H34N6O2. The number of aromatic nitrogens is 4. The lowest BCUT2D eigenvalue weighted by Crippen LogP contribution is -2.43. The molecule has 1 saturated carbocycles. The second-order valence-corrected chi connectivity index (χ2v) is 9.67. The van der Waals surface area contributed by atoms with E-state index in [1.807, 2.05) is 28.8 Å².